The third kappa shape index (κ3) is 3.58. The van der Waals surface area contributed by atoms with Gasteiger partial charge in [-0.05, 0) is 56.0 Å². The zero-order valence-electron chi connectivity index (χ0n) is 18.3. The van der Waals surface area contributed by atoms with Gasteiger partial charge in [0.05, 0.1) is 17.7 Å². The lowest BCUT2D eigenvalue weighted by molar-refractivity contribution is -0.140. The van der Waals surface area contributed by atoms with Crippen molar-refractivity contribution in [3.8, 4) is 5.75 Å². The number of amides is 1. The van der Waals surface area contributed by atoms with Gasteiger partial charge >= 0.3 is 0 Å². The van der Waals surface area contributed by atoms with E-state index >= 15 is 0 Å². The molecule has 2 aromatic carbocycles. The normalized spacial score (nSPS) is 26.4. The van der Waals surface area contributed by atoms with E-state index in [-0.39, 0.29) is 23.5 Å². The molecule has 3 unspecified atom stereocenters. The average molecular weight is 434 g/mol. The molecule has 2 aromatic rings. The van der Waals surface area contributed by atoms with Crippen LogP contribution in [0, 0.1) is 6.92 Å². The molecule has 3 heterocycles. The van der Waals surface area contributed by atoms with Crippen molar-refractivity contribution in [3.05, 3.63) is 70.3 Å². The number of Topliss-reactive ketones (excluding diaryl/α,β-unsaturated/α-hetero) is 1. The Kier molecular flexibility index (Phi) is 5.25. The first kappa shape index (κ1) is 20.8. The van der Waals surface area contributed by atoms with E-state index in [1.807, 2.05) is 50.2 Å². The van der Waals surface area contributed by atoms with Gasteiger partial charge in [0, 0.05) is 25.1 Å². The van der Waals surface area contributed by atoms with Crippen LogP contribution in [0.2, 0.25) is 0 Å². The van der Waals surface area contributed by atoms with Crippen molar-refractivity contribution in [1.29, 1.82) is 0 Å². The Morgan fingerprint density at radius 3 is 2.66 bits per heavy atom. The smallest absolute Gasteiger partial charge is 0.295 e. The molecule has 1 amide bonds. The molecule has 5 rings (SSSR count). The Hall–Kier alpha value is -3.12. The minimum absolute atomic E-state index is 0.0759. The predicted molar refractivity (Wildman–Crippen MR) is 119 cm³/mol. The molecule has 0 saturated carbocycles. The van der Waals surface area contributed by atoms with E-state index < -0.39 is 17.7 Å². The number of rotatable bonds is 4. The Bertz CT molecular complexity index is 1100. The summed E-state index contributed by atoms with van der Waals surface area (Å²) < 4.78 is 11.5. The van der Waals surface area contributed by atoms with Gasteiger partial charge in [-0.15, -0.1) is 0 Å². The summed E-state index contributed by atoms with van der Waals surface area (Å²) >= 11 is 0. The van der Waals surface area contributed by atoms with Crippen LogP contribution in [0.1, 0.15) is 48.1 Å². The van der Waals surface area contributed by atoms with Gasteiger partial charge in [0.25, 0.3) is 11.7 Å². The minimum Gasteiger partial charge on any atom is -0.507 e. The molecule has 3 aliphatic heterocycles. The summed E-state index contributed by atoms with van der Waals surface area (Å²) in [6.07, 6.45) is 2.52. The second-order valence-electron chi connectivity index (χ2n) is 8.95. The Morgan fingerprint density at radius 1 is 1.16 bits per heavy atom. The van der Waals surface area contributed by atoms with Crippen LogP contribution in [0.4, 0.5) is 0 Å². The molecule has 6 nitrogen and oxygen atoms in total. The average Bonchev–Trinajstić information content (AvgIpc) is 3.48. The lowest BCUT2D eigenvalue weighted by Crippen LogP contribution is -2.36. The monoisotopic (exact) mass is 433 g/mol. The molecular weight excluding hydrogens is 406 g/mol. The summed E-state index contributed by atoms with van der Waals surface area (Å²) in [5.74, 6) is -0.601. The van der Waals surface area contributed by atoms with Crippen molar-refractivity contribution in [2.24, 2.45) is 0 Å². The lowest BCUT2D eigenvalue weighted by atomic mass is 9.94. The fourth-order valence-electron chi connectivity index (χ4n) is 4.90. The largest absolute Gasteiger partial charge is 0.507 e. The van der Waals surface area contributed by atoms with Crippen LogP contribution < -0.4 is 4.74 Å². The molecule has 0 aliphatic carbocycles. The van der Waals surface area contributed by atoms with Crippen molar-refractivity contribution in [1.82, 2.24) is 4.90 Å². The molecule has 3 atom stereocenters. The van der Waals surface area contributed by atoms with E-state index in [0.717, 1.165) is 41.7 Å². The topological polar surface area (TPSA) is 76.1 Å². The van der Waals surface area contributed by atoms with E-state index in [0.29, 0.717) is 18.7 Å². The van der Waals surface area contributed by atoms with E-state index in [1.165, 1.54) is 0 Å². The highest BCUT2D eigenvalue weighted by Gasteiger charge is 2.47. The number of aliphatic hydroxyl groups excluding tert-OH is 1. The molecule has 0 radical (unpaired) electrons. The third-order valence-electron chi connectivity index (χ3n) is 6.53. The minimum atomic E-state index is -0.656. The summed E-state index contributed by atoms with van der Waals surface area (Å²) in [4.78, 5) is 27.8. The lowest BCUT2D eigenvalue weighted by Gasteiger charge is -2.27. The molecular formula is C26H27NO5. The number of aliphatic hydroxyl groups is 1. The maximum absolute atomic E-state index is 13.2. The Balaban J connectivity index is 1.59. The molecule has 0 bridgehead atoms. The highest BCUT2D eigenvalue weighted by atomic mass is 16.5. The SMILES string of the molecule is Cc1ccc(C2/C(=C(\O)c3ccc4c(c3)CC(C)O4)C(=O)C(=O)N2CC2CCCO2)cc1. The van der Waals surface area contributed by atoms with Gasteiger partial charge in [-0.1, -0.05) is 29.8 Å². The fourth-order valence-corrected chi connectivity index (χ4v) is 4.90. The Morgan fingerprint density at radius 2 is 1.94 bits per heavy atom. The van der Waals surface area contributed by atoms with Gasteiger partial charge in [0.2, 0.25) is 0 Å². The number of fused-ring (bicyclic) bond motifs is 1. The summed E-state index contributed by atoms with van der Waals surface area (Å²) in [5.41, 5.74) is 3.52. The molecule has 3 aliphatic rings. The van der Waals surface area contributed by atoms with Crippen molar-refractivity contribution in [2.75, 3.05) is 13.2 Å². The number of hydrogen-bond acceptors (Lipinski definition) is 5. The van der Waals surface area contributed by atoms with E-state index in [2.05, 4.69) is 0 Å². The van der Waals surface area contributed by atoms with Crippen molar-refractivity contribution < 1.29 is 24.2 Å². The summed E-state index contributed by atoms with van der Waals surface area (Å²) in [7, 11) is 0. The molecule has 2 saturated heterocycles. The van der Waals surface area contributed by atoms with Gasteiger partial charge in [-0.25, -0.2) is 0 Å². The number of carbonyl (C=O) groups excluding carboxylic acids is 2. The van der Waals surface area contributed by atoms with Crippen LogP contribution in [0.15, 0.2) is 48.0 Å². The van der Waals surface area contributed by atoms with Crippen LogP contribution in [0.5, 0.6) is 5.75 Å². The third-order valence-corrected chi connectivity index (χ3v) is 6.53. The van der Waals surface area contributed by atoms with Crippen molar-refractivity contribution in [2.45, 2.75) is 51.4 Å². The van der Waals surface area contributed by atoms with Crippen LogP contribution in [-0.4, -0.2) is 47.1 Å². The molecule has 0 spiro atoms. The van der Waals surface area contributed by atoms with Crippen LogP contribution in [0.25, 0.3) is 5.76 Å². The molecule has 2 fully saturated rings. The van der Waals surface area contributed by atoms with E-state index in [4.69, 9.17) is 9.47 Å². The fraction of sp³-hybridized carbons (Fsp3) is 0.385. The highest BCUT2D eigenvalue weighted by Crippen LogP contribution is 2.41. The maximum atomic E-state index is 13.2. The second-order valence-corrected chi connectivity index (χ2v) is 8.95. The van der Waals surface area contributed by atoms with Crippen LogP contribution >= 0.6 is 0 Å². The molecule has 166 valence electrons. The number of hydrogen-bond donors (Lipinski definition) is 1. The first-order valence-electron chi connectivity index (χ1n) is 11.2. The van der Waals surface area contributed by atoms with Crippen LogP contribution in [0.3, 0.4) is 0 Å². The summed E-state index contributed by atoms with van der Waals surface area (Å²) in [5, 5.41) is 11.3. The number of aryl methyl sites for hydroxylation is 1. The highest BCUT2D eigenvalue weighted by molar-refractivity contribution is 6.46. The van der Waals surface area contributed by atoms with Gasteiger partial charge in [0.15, 0.2) is 0 Å². The molecule has 6 heteroatoms. The molecule has 32 heavy (non-hydrogen) atoms. The number of nitrogens with zero attached hydrogens (tertiary/aromatic N) is 1. The number of ketones is 1. The quantitative estimate of drug-likeness (QED) is 0.449. The molecule has 0 aromatic heterocycles. The summed E-state index contributed by atoms with van der Waals surface area (Å²) in [6.45, 7) is 4.98. The first-order chi connectivity index (χ1) is 15.4. The van der Waals surface area contributed by atoms with Gasteiger partial charge < -0.3 is 19.5 Å². The number of benzene rings is 2. The van der Waals surface area contributed by atoms with Gasteiger partial charge in [-0.3, -0.25) is 9.59 Å². The zero-order chi connectivity index (χ0) is 22.4. The van der Waals surface area contributed by atoms with E-state index in [1.54, 1.807) is 11.0 Å². The maximum Gasteiger partial charge on any atom is 0.295 e. The first-order valence-corrected chi connectivity index (χ1v) is 11.2. The molecule has 1 N–H and O–H groups in total. The van der Waals surface area contributed by atoms with Crippen molar-refractivity contribution >= 4 is 17.4 Å². The summed E-state index contributed by atoms with van der Waals surface area (Å²) in [6, 6.07) is 12.5. The van der Waals surface area contributed by atoms with Crippen LogP contribution in [-0.2, 0) is 20.7 Å². The Labute approximate surface area is 187 Å². The van der Waals surface area contributed by atoms with Crippen molar-refractivity contribution in [3.63, 3.8) is 0 Å². The van der Waals surface area contributed by atoms with Gasteiger partial charge in [0.1, 0.15) is 17.6 Å². The number of likely N-dealkylation sites (tertiary alicyclic amines) is 1. The van der Waals surface area contributed by atoms with E-state index in [9.17, 15) is 14.7 Å². The predicted octanol–water partition coefficient (Wildman–Crippen LogP) is 3.92. The zero-order valence-corrected chi connectivity index (χ0v) is 18.3. The second kappa shape index (κ2) is 8.10. The number of carbonyl (C=O) groups is 2. The van der Waals surface area contributed by atoms with Gasteiger partial charge in [-0.2, -0.15) is 0 Å². The number of ether oxygens (including phenoxy) is 2. The standard InChI is InChI=1S/C26H27NO5/c1-15-5-7-17(8-6-15)23-22(25(29)26(30)27(23)14-20-4-3-11-31-20)24(28)18-9-10-21-19(13-18)12-16(2)32-21/h5-10,13,16,20,23,28H,3-4,11-12,14H2,1-2H3/b24-22+.